The minimum Gasteiger partial charge on any atom is -0.462 e. The smallest absolute Gasteiger partial charge is 0.338 e. The lowest BCUT2D eigenvalue weighted by atomic mass is 9.97. The first-order valence-electron chi connectivity index (χ1n) is 6.99. The maximum Gasteiger partial charge on any atom is 0.338 e. The minimum absolute atomic E-state index is 0.0208. The normalized spacial score (nSPS) is 15.7. The van der Waals surface area contributed by atoms with Crippen molar-refractivity contribution in [2.24, 2.45) is 5.92 Å². The zero-order valence-corrected chi connectivity index (χ0v) is 11.6. The molecule has 1 amide bonds. The van der Waals surface area contributed by atoms with E-state index in [1.165, 1.54) is 0 Å². The highest BCUT2D eigenvalue weighted by molar-refractivity contribution is 5.95. The quantitative estimate of drug-likeness (QED) is 0.823. The first kappa shape index (κ1) is 14.5. The maximum atomic E-state index is 12.1. The molecule has 0 aromatic heterocycles. The number of carbonyl (C=O) groups is 2. The molecule has 0 atom stereocenters. The second kappa shape index (κ2) is 7.05. The van der Waals surface area contributed by atoms with Crippen LogP contribution in [-0.4, -0.2) is 31.6 Å². The highest BCUT2D eigenvalue weighted by Crippen LogP contribution is 2.17. The summed E-state index contributed by atoms with van der Waals surface area (Å²) in [4.78, 5) is 23.8. The molecule has 1 fully saturated rings. The zero-order valence-electron chi connectivity index (χ0n) is 11.6. The van der Waals surface area contributed by atoms with Crippen LogP contribution < -0.4 is 10.6 Å². The Morgan fingerprint density at radius 1 is 1.35 bits per heavy atom. The van der Waals surface area contributed by atoms with Crippen molar-refractivity contribution in [3.8, 4) is 0 Å². The van der Waals surface area contributed by atoms with Gasteiger partial charge in [-0.1, -0.05) is 6.07 Å². The Kier molecular flexibility index (Phi) is 5.12. The molecule has 5 nitrogen and oxygen atoms in total. The summed E-state index contributed by atoms with van der Waals surface area (Å²) in [7, 11) is 0. The number of nitrogens with one attached hydrogen (secondary N) is 2. The molecule has 0 radical (unpaired) electrons. The van der Waals surface area contributed by atoms with Gasteiger partial charge in [0, 0.05) is 11.6 Å². The van der Waals surface area contributed by atoms with Crippen LogP contribution in [0.1, 0.15) is 30.1 Å². The summed E-state index contributed by atoms with van der Waals surface area (Å²) in [6.07, 6.45) is 1.70. The Bertz CT molecular complexity index is 482. The van der Waals surface area contributed by atoms with Crippen molar-refractivity contribution in [3.63, 3.8) is 0 Å². The van der Waals surface area contributed by atoms with Crippen LogP contribution in [-0.2, 0) is 9.53 Å². The fraction of sp³-hybridized carbons (Fsp3) is 0.467. The topological polar surface area (TPSA) is 67.4 Å². The lowest BCUT2D eigenvalue weighted by Crippen LogP contribution is -2.34. The molecule has 20 heavy (non-hydrogen) atoms. The molecule has 108 valence electrons. The summed E-state index contributed by atoms with van der Waals surface area (Å²) in [5.74, 6) is -0.305. The summed E-state index contributed by atoms with van der Waals surface area (Å²) in [6.45, 7) is 3.85. The van der Waals surface area contributed by atoms with Crippen molar-refractivity contribution in [1.29, 1.82) is 0 Å². The van der Waals surface area contributed by atoms with Gasteiger partial charge in [-0.05, 0) is 51.1 Å². The van der Waals surface area contributed by atoms with E-state index in [-0.39, 0.29) is 17.8 Å². The molecule has 2 rings (SSSR count). The van der Waals surface area contributed by atoms with Gasteiger partial charge in [0.05, 0.1) is 12.2 Å². The van der Waals surface area contributed by atoms with Gasteiger partial charge in [0.1, 0.15) is 0 Å². The Labute approximate surface area is 118 Å². The van der Waals surface area contributed by atoms with Crippen molar-refractivity contribution in [2.75, 3.05) is 25.0 Å². The Balaban J connectivity index is 2.00. The highest BCUT2D eigenvalue weighted by Gasteiger charge is 2.21. The molecule has 2 N–H and O–H groups in total. The van der Waals surface area contributed by atoms with Crippen molar-refractivity contribution in [2.45, 2.75) is 19.8 Å². The largest absolute Gasteiger partial charge is 0.462 e. The van der Waals surface area contributed by atoms with Crippen molar-refractivity contribution in [3.05, 3.63) is 29.8 Å². The number of rotatable bonds is 4. The van der Waals surface area contributed by atoms with Crippen LogP contribution in [0.4, 0.5) is 5.69 Å². The second-order valence-electron chi connectivity index (χ2n) is 4.81. The van der Waals surface area contributed by atoms with E-state index in [0.717, 1.165) is 25.9 Å². The summed E-state index contributed by atoms with van der Waals surface area (Å²) in [5, 5.41) is 6.10. The van der Waals surface area contributed by atoms with E-state index < -0.39 is 0 Å². The van der Waals surface area contributed by atoms with E-state index in [1.807, 2.05) is 0 Å². The summed E-state index contributed by atoms with van der Waals surface area (Å²) in [6, 6.07) is 6.85. The van der Waals surface area contributed by atoms with Crippen LogP contribution in [0.2, 0.25) is 0 Å². The molecule has 0 unspecified atom stereocenters. The van der Waals surface area contributed by atoms with Crippen LogP contribution in [0.25, 0.3) is 0 Å². The number of benzene rings is 1. The first-order valence-corrected chi connectivity index (χ1v) is 6.99. The molecule has 0 saturated carbocycles. The summed E-state index contributed by atoms with van der Waals surface area (Å²) < 4.78 is 4.94. The molecule has 1 aromatic carbocycles. The summed E-state index contributed by atoms with van der Waals surface area (Å²) >= 11 is 0. The standard InChI is InChI=1S/C15H20N2O3/c1-2-20-15(19)12-4-3-5-13(10-12)17-14(18)11-6-8-16-9-7-11/h3-5,10-11,16H,2,6-9H2,1H3,(H,17,18). The van der Waals surface area contributed by atoms with Gasteiger partial charge in [0.2, 0.25) is 5.91 Å². The van der Waals surface area contributed by atoms with Crippen molar-refractivity contribution in [1.82, 2.24) is 5.32 Å². The fourth-order valence-corrected chi connectivity index (χ4v) is 2.27. The predicted molar refractivity (Wildman–Crippen MR) is 76.6 cm³/mol. The SMILES string of the molecule is CCOC(=O)c1cccc(NC(=O)C2CCNCC2)c1. The Morgan fingerprint density at radius 2 is 2.10 bits per heavy atom. The molecular formula is C15H20N2O3. The average Bonchev–Trinajstić information content (AvgIpc) is 2.48. The molecular weight excluding hydrogens is 256 g/mol. The van der Waals surface area contributed by atoms with Gasteiger partial charge >= 0.3 is 5.97 Å². The van der Waals surface area contributed by atoms with Gasteiger partial charge in [-0.25, -0.2) is 4.79 Å². The van der Waals surface area contributed by atoms with Crippen LogP contribution in [0.3, 0.4) is 0 Å². The molecule has 1 aromatic rings. The molecule has 0 aliphatic carbocycles. The second-order valence-corrected chi connectivity index (χ2v) is 4.81. The van der Waals surface area contributed by atoms with Crippen molar-refractivity contribution < 1.29 is 14.3 Å². The number of carbonyl (C=O) groups excluding carboxylic acids is 2. The molecule has 0 bridgehead atoms. The number of hydrogen-bond donors (Lipinski definition) is 2. The lowest BCUT2D eigenvalue weighted by molar-refractivity contribution is -0.120. The van der Waals surface area contributed by atoms with Gasteiger partial charge in [-0.15, -0.1) is 0 Å². The molecule has 1 aliphatic rings. The third-order valence-corrected chi connectivity index (χ3v) is 3.35. The monoisotopic (exact) mass is 276 g/mol. The van der Waals surface area contributed by atoms with Crippen LogP contribution in [0, 0.1) is 5.92 Å². The number of piperidine rings is 1. The number of anilines is 1. The number of amides is 1. The van der Waals surface area contributed by atoms with Crippen molar-refractivity contribution >= 4 is 17.6 Å². The molecule has 1 heterocycles. The van der Waals surface area contributed by atoms with Gasteiger partial charge in [-0.2, -0.15) is 0 Å². The molecule has 5 heteroatoms. The number of ether oxygens (including phenoxy) is 1. The zero-order chi connectivity index (χ0) is 14.4. The Morgan fingerprint density at radius 3 is 2.80 bits per heavy atom. The van der Waals surface area contributed by atoms with E-state index in [2.05, 4.69) is 10.6 Å². The third-order valence-electron chi connectivity index (χ3n) is 3.35. The average molecular weight is 276 g/mol. The van der Waals surface area contributed by atoms with Crippen LogP contribution in [0.15, 0.2) is 24.3 Å². The molecule has 1 saturated heterocycles. The van der Waals surface area contributed by atoms with Crippen LogP contribution in [0.5, 0.6) is 0 Å². The third kappa shape index (κ3) is 3.81. The highest BCUT2D eigenvalue weighted by atomic mass is 16.5. The van der Waals surface area contributed by atoms with E-state index in [1.54, 1.807) is 31.2 Å². The summed E-state index contributed by atoms with van der Waals surface area (Å²) in [5.41, 5.74) is 1.09. The van der Waals surface area contributed by atoms with Crippen LogP contribution >= 0.6 is 0 Å². The predicted octanol–water partition coefficient (Wildman–Crippen LogP) is 1.80. The first-order chi connectivity index (χ1) is 9.70. The maximum absolute atomic E-state index is 12.1. The number of hydrogen-bond acceptors (Lipinski definition) is 4. The molecule has 0 spiro atoms. The molecule has 1 aliphatic heterocycles. The van der Waals surface area contributed by atoms with Gasteiger partial charge in [0.15, 0.2) is 0 Å². The van der Waals surface area contributed by atoms with Gasteiger partial charge in [-0.3, -0.25) is 4.79 Å². The van der Waals surface area contributed by atoms with E-state index in [4.69, 9.17) is 4.74 Å². The fourth-order valence-electron chi connectivity index (χ4n) is 2.27. The number of esters is 1. The van der Waals surface area contributed by atoms with Gasteiger partial charge < -0.3 is 15.4 Å². The van der Waals surface area contributed by atoms with E-state index >= 15 is 0 Å². The van der Waals surface area contributed by atoms with E-state index in [9.17, 15) is 9.59 Å². The minimum atomic E-state index is -0.370. The Hall–Kier alpha value is -1.88. The lowest BCUT2D eigenvalue weighted by Gasteiger charge is -2.21. The van der Waals surface area contributed by atoms with E-state index in [0.29, 0.717) is 17.9 Å². The van der Waals surface area contributed by atoms with Gasteiger partial charge in [0.25, 0.3) is 0 Å².